The predicted octanol–water partition coefficient (Wildman–Crippen LogP) is 0.979. The number of benzene rings is 1. The van der Waals surface area contributed by atoms with E-state index in [2.05, 4.69) is 31.2 Å². The summed E-state index contributed by atoms with van der Waals surface area (Å²) in [6.45, 7) is 2.07. The van der Waals surface area contributed by atoms with Gasteiger partial charge in [-0.2, -0.15) is 0 Å². The second kappa shape index (κ2) is 3.22. The molecule has 0 aliphatic rings. The second-order valence-corrected chi connectivity index (χ2v) is 3.81. The first-order chi connectivity index (χ1) is 4.70. The van der Waals surface area contributed by atoms with E-state index in [1.54, 1.807) is 0 Å². The van der Waals surface area contributed by atoms with Crippen molar-refractivity contribution < 1.29 is 19.4 Å². The molecule has 0 spiro atoms. The van der Waals surface area contributed by atoms with Gasteiger partial charge in [0.25, 0.3) is 0 Å². The number of hydrogen-bond acceptors (Lipinski definition) is 1. The minimum absolute atomic E-state index is 0.958. The van der Waals surface area contributed by atoms with Crippen LogP contribution in [0.2, 0.25) is 0 Å². The van der Waals surface area contributed by atoms with E-state index in [9.17, 15) is 0 Å². The third-order valence-electron chi connectivity index (χ3n) is 1.34. The molecule has 0 amide bonds. The van der Waals surface area contributed by atoms with E-state index in [1.807, 2.05) is 0 Å². The van der Waals surface area contributed by atoms with Gasteiger partial charge in [0.15, 0.2) is 0 Å². The van der Waals surface area contributed by atoms with Crippen LogP contribution in [0.25, 0.3) is 0 Å². The van der Waals surface area contributed by atoms with Crippen LogP contribution in [0.3, 0.4) is 0 Å². The van der Waals surface area contributed by atoms with Gasteiger partial charge in [-0.25, -0.2) is 0 Å². The van der Waals surface area contributed by atoms with E-state index in [1.165, 1.54) is 24.9 Å². The molecule has 0 fully saturated rings. The summed E-state index contributed by atoms with van der Waals surface area (Å²) in [7, 11) is 0. The molecule has 1 rings (SSSR count). The van der Waals surface area contributed by atoms with Gasteiger partial charge in [0.05, 0.1) is 0 Å². The average Bonchev–Trinajstić information content (AvgIpc) is 1.88. The molecule has 1 aromatic carbocycles. The van der Waals surface area contributed by atoms with Crippen molar-refractivity contribution in [1.82, 2.24) is 0 Å². The molecule has 2 heteroatoms. The van der Waals surface area contributed by atoms with Gasteiger partial charge in [0.2, 0.25) is 0 Å². The van der Waals surface area contributed by atoms with Gasteiger partial charge in [-0.15, -0.1) is 0 Å². The minimum atomic E-state index is 0.958. The predicted molar refractivity (Wildman–Crippen MR) is 39.5 cm³/mol. The fourth-order valence-corrected chi connectivity index (χ4v) is 1.21. The summed E-state index contributed by atoms with van der Waals surface area (Å²) in [6, 6.07) is 8.26. The summed E-state index contributed by atoms with van der Waals surface area (Å²) >= 11 is 1.33. The Balaban J connectivity index is 3.00. The zero-order chi connectivity index (χ0) is 7.56. The first-order valence-corrected chi connectivity index (χ1v) is 4.53. The van der Waals surface area contributed by atoms with Gasteiger partial charge in [0, 0.05) is 0 Å². The molecule has 0 bridgehead atoms. The van der Waals surface area contributed by atoms with Crippen molar-refractivity contribution >= 4 is 4.02 Å². The van der Waals surface area contributed by atoms with Crippen LogP contribution in [0, 0.1) is 6.92 Å². The van der Waals surface area contributed by atoms with Gasteiger partial charge in [-0.3, -0.25) is 0 Å². The van der Waals surface area contributed by atoms with Crippen LogP contribution in [0.15, 0.2) is 24.3 Å². The zero-order valence-electron chi connectivity index (χ0n) is 5.79. The summed E-state index contributed by atoms with van der Waals surface area (Å²) in [5.74, 6) is 0. The monoisotopic (exact) mass is 303 g/mol. The first-order valence-electron chi connectivity index (χ1n) is 3.06. The Morgan fingerprint density at radius 2 is 1.80 bits per heavy atom. The van der Waals surface area contributed by atoms with Gasteiger partial charge >= 0.3 is 71.4 Å². The molecular weight excluding hydrogens is 294 g/mol. The topological polar surface area (TPSA) is 26.0 Å². The number of hydrogen-bond donors (Lipinski definition) is 1. The van der Waals surface area contributed by atoms with Crippen LogP contribution in [0.1, 0.15) is 11.1 Å². The van der Waals surface area contributed by atoms with Crippen molar-refractivity contribution in [3.8, 4) is 0 Å². The summed E-state index contributed by atoms with van der Waals surface area (Å²) in [4.78, 5) is 0. The van der Waals surface area contributed by atoms with Crippen molar-refractivity contribution in [2.75, 3.05) is 0 Å². The number of aryl methyl sites for hydroxylation is 1. The molecule has 0 saturated carbocycles. The maximum atomic E-state index is 5.62. The molecule has 0 saturated heterocycles. The molecule has 0 atom stereocenters. The average molecular weight is 303 g/mol. The molecule has 1 nitrogen and oxygen atoms in total. The number of rotatable bonds is 1. The SMILES string of the molecule is Cc1ccc([C](N)=[W])cc1. The summed E-state index contributed by atoms with van der Waals surface area (Å²) < 4.78 is 0.958. The normalized spacial score (nSPS) is 9.40. The van der Waals surface area contributed by atoms with Crippen molar-refractivity contribution in [1.29, 1.82) is 0 Å². The Kier molecular flexibility index (Phi) is 2.53. The van der Waals surface area contributed by atoms with Crippen LogP contribution >= 0.6 is 0 Å². The number of nitrogens with two attached hydrogens (primary N) is 1. The van der Waals surface area contributed by atoms with E-state index >= 15 is 0 Å². The van der Waals surface area contributed by atoms with E-state index < -0.39 is 0 Å². The molecule has 0 aliphatic carbocycles. The molecule has 10 heavy (non-hydrogen) atoms. The fraction of sp³-hybridized carbons (Fsp3) is 0.125. The van der Waals surface area contributed by atoms with E-state index in [0.29, 0.717) is 0 Å². The van der Waals surface area contributed by atoms with Crippen molar-refractivity contribution in [2.24, 2.45) is 5.73 Å². The Hall–Kier alpha value is -0.262. The van der Waals surface area contributed by atoms with E-state index in [-0.39, 0.29) is 0 Å². The maximum absolute atomic E-state index is 5.62. The zero-order valence-corrected chi connectivity index (χ0v) is 8.73. The molecule has 52 valence electrons. The molecule has 2 N–H and O–H groups in total. The third-order valence-corrected chi connectivity index (χ3v) is 2.18. The Labute approximate surface area is 71.7 Å². The standard InChI is InChI=1S/C8H9N.W/c1-7-2-4-8(6-9)5-3-7;/h2-5H,9H2,1H3;. The van der Waals surface area contributed by atoms with Crippen LogP contribution < -0.4 is 5.73 Å². The van der Waals surface area contributed by atoms with Gasteiger partial charge in [-0.1, -0.05) is 0 Å². The van der Waals surface area contributed by atoms with Gasteiger partial charge < -0.3 is 0 Å². The van der Waals surface area contributed by atoms with Crippen LogP contribution in [0.5, 0.6) is 0 Å². The molecule has 0 aliphatic heterocycles. The van der Waals surface area contributed by atoms with Crippen molar-refractivity contribution in [2.45, 2.75) is 6.92 Å². The Bertz CT molecular complexity index is 238. The summed E-state index contributed by atoms with van der Waals surface area (Å²) in [5.41, 5.74) is 8.05. The third kappa shape index (κ3) is 1.86. The summed E-state index contributed by atoms with van der Waals surface area (Å²) in [6.07, 6.45) is 0. The fourth-order valence-electron chi connectivity index (χ4n) is 0.718. The molecule has 1 aromatic rings. The van der Waals surface area contributed by atoms with Crippen LogP contribution in [0.4, 0.5) is 0 Å². The molecule has 0 aromatic heterocycles. The quantitative estimate of drug-likeness (QED) is 0.822. The Morgan fingerprint density at radius 1 is 1.30 bits per heavy atom. The molecule has 0 unspecified atom stereocenters. The summed E-state index contributed by atoms with van der Waals surface area (Å²) in [5, 5.41) is 0. The van der Waals surface area contributed by atoms with Gasteiger partial charge in [0.1, 0.15) is 0 Å². The Morgan fingerprint density at radius 3 is 2.20 bits per heavy atom. The van der Waals surface area contributed by atoms with Crippen molar-refractivity contribution in [3.63, 3.8) is 0 Å². The molecular formula is C8H9NW. The van der Waals surface area contributed by atoms with Crippen LogP contribution in [-0.2, 0) is 19.4 Å². The second-order valence-electron chi connectivity index (χ2n) is 2.23. The molecule has 0 radical (unpaired) electrons. The molecule has 0 heterocycles. The van der Waals surface area contributed by atoms with E-state index in [0.717, 1.165) is 9.59 Å². The van der Waals surface area contributed by atoms with Gasteiger partial charge in [-0.05, 0) is 0 Å². The van der Waals surface area contributed by atoms with Crippen LogP contribution in [-0.4, -0.2) is 4.02 Å². The van der Waals surface area contributed by atoms with E-state index in [4.69, 9.17) is 5.73 Å². The van der Waals surface area contributed by atoms with Crippen molar-refractivity contribution in [3.05, 3.63) is 35.4 Å². The first kappa shape index (κ1) is 7.84.